The summed E-state index contributed by atoms with van der Waals surface area (Å²) in [5.74, 6) is -0.296. The molecular formula is C12H14N2O3. The Morgan fingerprint density at radius 3 is 2.59 bits per heavy atom. The standard InChI is InChI=1S/C12H14N2O3/c15-7-5-8-10(9(16)6-7)12(14-11(8)17)1-3-13-4-2-12/h5-6,13,15-16H,1-4H2,(H,14,17). The van der Waals surface area contributed by atoms with E-state index in [0.29, 0.717) is 11.1 Å². The van der Waals surface area contributed by atoms with E-state index in [9.17, 15) is 15.0 Å². The number of amides is 1. The van der Waals surface area contributed by atoms with Crippen LogP contribution in [0.5, 0.6) is 11.5 Å². The summed E-state index contributed by atoms with van der Waals surface area (Å²) < 4.78 is 0. The Balaban J connectivity index is 2.18. The predicted molar refractivity (Wildman–Crippen MR) is 61.0 cm³/mol. The number of piperidine rings is 1. The van der Waals surface area contributed by atoms with Crippen LogP contribution in [0.1, 0.15) is 28.8 Å². The summed E-state index contributed by atoms with van der Waals surface area (Å²) in [6.07, 6.45) is 1.51. The topological polar surface area (TPSA) is 81.6 Å². The van der Waals surface area contributed by atoms with Gasteiger partial charge in [0.05, 0.1) is 11.1 Å². The molecule has 0 bridgehead atoms. The average molecular weight is 234 g/mol. The van der Waals surface area contributed by atoms with Gasteiger partial charge in [-0.05, 0) is 32.0 Å². The van der Waals surface area contributed by atoms with E-state index in [1.807, 2.05) is 0 Å². The molecule has 2 aliphatic rings. The summed E-state index contributed by atoms with van der Waals surface area (Å²) in [6, 6.07) is 2.71. The molecule has 2 aliphatic heterocycles. The molecule has 2 heterocycles. The number of hydrogen-bond donors (Lipinski definition) is 4. The molecule has 90 valence electrons. The van der Waals surface area contributed by atoms with E-state index < -0.39 is 5.54 Å². The zero-order valence-electron chi connectivity index (χ0n) is 9.29. The molecule has 0 aliphatic carbocycles. The maximum atomic E-state index is 11.9. The van der Waals surface area contributed by atoms with E-state index >= 15 is 0 Å². The summed E-state index contributed by atoms with van der Waals surface area (Å²) >= 11 is 0. The van der Waals surface area contributed by atoms with Crippen molar-refractivity contribution in [3.63, 3.8) is 0 Å². The number of nitrogens with one attached hydrogen (secondary N) is 2. The van der Waals surface area contributed by atoms with Gasteiger partial charge in [-0.15, -0.1) is 0 Å². The number of fused-ring (bicyclic) bond motifs is 2. The van der Waals surface area contributed by atoms with Crippen molar-refractivity contribution < 1.29 is 15.0 Å². The summed E-state index contributed by atoms with van der Waals surface area (Å²) in [7, 11) is 0. The highest BCUT2D eigenvalue weighted by Gasteiger charge is 2.45. The van der Waals surface area contributed by atoms with E-state index in [1.165, 1.54) is 12.1 Å². The van der Waals surface area contributed by atoms with Crippen LogP contribution < -0.4 is 10.6 Å². The average Bonchev–Trinajstić information content (AvgIpc) is 2.53. The van der Waals surface area contributed by atoms with Crippen LogP contribution in [0.2, 0.25) is 0 Å². The Morgan fingerprint density at radius 1 is 1.18 bits per heavy atom. The van der Waals surface area contributed by atoms with Crippen molar-refractivity contribution in [2.24, 2.45) is 0 Å². The second-order valence-corrected chi connectivity index (χ2v) is 4.67. The Hall–Kier alpha value is -1.75. The van der Waals surface area contributed by atoms with Crippen LogP contribution >= 0.6 is 0 Å². The highest BCUT2D eigenvalue weighted by Crippen LogP contribution is 2.44. The largest absolute Gasteiger partial charge is 0.508 e. The van der Waals surface area contributed by atoms with Crippen molar-refractivity contribution in [2.45, 2.75) is 18.4 Å². The number of carbonyl (C=O) groups is 1. The van der Waals surface area contributed by atoms with Crippen molar-refractivity contribution in [1.82, 2.24) is 10.6 Å². The third-order valence-electron chi connectivity index (χ3n) is 3.64. The van der Waals surface area contributed by atoms with Gasteiger partial charge in [0.2, 0.25) is 0 Å². The number of aromatic hydroxyl groups is 2. The van der Waals surface area contributed by atoms with Crippen molar-refractivity contribution >= 4 is 5.91 Å². The smallest absolute Gasteiger partial charge is 0.252 e. The van der Waals surface area contributed by atoms with Gasteiger partial charge >= 0.3 is 0 Å². The fourth-order valence-electron chi connectivity index (χ4n) is 2.87. The monoisotopic (exact) mass is 234 g/mol. The maximum absolute atomic E-state index is 11.9. The van der Waals surface area contributed by atoms with Crippen molar-refractivity contribution in [1.29, 1.82) is 0 Å². The van der Waals surface area contributed by atoms with Crippen LogP contribution in [0.15, 0.2) is 12.1 Å². The summed E-state index contributed by atoms with van der Waals surface area (Å²) in [4.78, 5) is 11.9. The molecule has 1 aromatic carbocycles. The first-order valence-corrected chi connectivity index (χ1v) is 5.72. The molecule has 0 unspecified atom stereocenters. The molecular weight excluding hydrogens is 220 g/mol. The van der Waals surface area contributed by atoms with Gasteiger partial charge in [0.1, 0.15) is 11.5 Å². The van der Waals surface area contributed by atoms with Crippen molar-refractivity contribution in [3.8, 4) is 11.5 Å². The fraction of sp³-hybridized carbons (Fsp3) is 0.417. The van der Waals surface area contributed by atoms with Crippen molar-refractivity contribution in [2.75, 3.05) is 13.1 Å². The Morgan fingerprint density at radius 2 is 1.88 bits per heavy atom. The Labute approximate surface area is 98.5 Å². The highest BCUT2D eigenvalue weighted by molar-refractivity contribution is 6.01. The summed E-state index contributed by atoms with van der Waals surface area (Å²) in [5, 5.41) is 25.6. The molecule has 1 saturated heterocycles. The van der Waals surface area contributed by atoms with Crippen LogP contribution in [-0.4, -0.2) is 29.2 Å². The number of phenolic OH excluding ortho intramolecular Hbond substituents is 2. The van der Waals surface area contributed by atoms with E-state index in [2.05, 4.69) is 10.6 Å². The first-order chi connectivity index (χ1) is 8.12. The predicted octanol–water partition coefficient (Wildman–Crippen LogP) is 0.420. The van der Waals surface area contributed by atoms with Gasteiger partial charge < -0.3 is 20.8 Å². The van der Waals surface area contributed by atoms with Gasteiger partial charge in [0, 0.05) is 11.6 Å². The summed E-state index contributed by atoms with van der Waals surface area (Å²) in [6.45, 7) is 1.61. The number of carbonyl (C=O) groups excluding carboxylic acids is 1. The number of benzene rings is 1. The van der Waals surface area contributed by atoms with Gasteiger partial charge in [-0.2, -0.15) is 0 Å². The lowest BCUT2D eigenvalue weighted by atomic mass is 9.82. The van der Waals surface area contributed by atoms with E-state index in [1.54, 1.807) is 0 Å². The van der Waals surface area contributed by atoms with Gasteiger partial charge in [-0.3, -0.25) is 4.79 Å². The number of hydrogen-bond acceptors (Lipinski definition) is 4. The third-order valence-corrected chi connectivity index (χ3v) is 3.64. The molecule has 1 aromatic rings. The lowest BCUT2D eigenvalue weighted by Gasteiger charge is -2.34. The molecule has 3 rings (SSSR count). The van der Waals surface area contributed by atoms with E-state index in [4.69, 9.17) is 0 Å². The maximum Gasteiger partial charge on any atom is 0.252 e. The molecule has 1 fully saturated rings. The molecule has 0 radical (unpaired) electrons. The molecule has 0 saturated carbocycles. The number of phenols is 2. The minimum Gasteiger partial charge on any atom is -0.508 e. The molecule has 17 heavy (non-hydrogen) atoms. The molecule has 0 aromatic heterocycles. The van der Waals surface area contributed by atoms with E-state index in [0.717, 1.165) is 25.9 Å². The van der Waals surface area contributed by atoms with Crippen LogP contribution in [0.25, 0.3) is 0 Å². The second kappa shape index (κ2) is 3.37. The quantitative estimate of drug-likeness (QED) is 0.524. The zero-order chi connectivity index (χ0) is 12.0. The van der Waals surface area contributed by atoms with E-state index in [-0.39, 0.29) is 17.4 Å². The van der Waals surface area contributed by atoms with Crippen LogP contribution in [0.4, 0.5) is 0 Å². The molecule has 1 amide bonds. The van der Waals surface area contributed by atoms with Crippen LogP contribution in [0, 0.1) is 0 Å². The highest BCUT2D eigenvalue weighted by atomic mass is 16.3. The Kier molecular flexibility index (Phi) is 2.06. The van der Waals surface area contributed by atoms with Gasteiger partial charge in [-0.25, -0.2) is 0 Å². The first-order valence-electron chi connectivity index (χ1n) is 5.72. The molecule has 5 nitrogen and oxygen atoms in total. The Bertz CT molecular complexity index is 493. The van der Waals surface area contributed by atoms with Gasteiger partial charge in [-0.1, -0.05) is 0 Å². The summed E-state index contributed by atoms with van der Waals surface area (Å²) in [5.41, 5.74) is 0.571. The van der Waals surface area contributed by atoms with Crippen LogP contribution in [-0.2, 0) is 5.54 Å². The molecule has 1 spiro atoms. The molecule has 4 N–H and O–H groups in total. The minimum absolute atomic E-state index is 0.000231. The van der Waals surface area contributed by atoms with Gasteiger partial charge in [0.15, 0.2) is 0 Å². The van der Waals surface area contributed by atoms with Crippen LogP contribution in [0.3, 0.4) is 0 Å². The third kappa shape index (κ3) is 1.39. The molecule has 5 heteroatoms. The first kappa shape index (κ1) is 10.4. The lowest BCUT2D eigenvalue weighted by Crippen LogP contribution is -2.47. The lowest BCUT2D eigenvalue weighted by molar-refractivity contribution is 0.0913. The normalized spacial score (nSPS) is 21.3. The second-order valence-electron chi connectivity index (χ2n) is 4.67. The van der Waals surface area contributed by atoms with Gasteiger partial charge in [0.25, 0.3) is 5.91 Å². The minimum atomic E-state index is -0.463. The zero-order valence-corrected chi connectivity index (χ0v) is 9.29. The van der Waals surface area contributed by atoms with Crippen molar-refractivity contribution in [3.05, 3.63) is 23.3 Å². The molecule has 0 atom stereocenters. The SMILES string of the molecule is O=C1NC2(CCNCC2)c2c(O)cc(O)cc21. The fourth-order valence-corrected chi connectivity index (χ4v) is 2.87. The number of rotatable bonds is 0.